The third-order valence-electron chi connectivity index (χ3n) is 0.555. The van der Waals surface area contributed by atoms with E-state index in [1.165, 1.54) is 0 Å². The van der Waals surface area contributed by atoms with Gasteiger partial charge in [0.05, 0.1) is 6.54 Å². The summed E-state index contributed by atoms with van der Waals surface area (Å²) in [4.78, 5) is 2.52. The van der Waals surface area contributed by atoms with Gasteiger partial charge in [-0.3, -0.25) is 0 Å². The molecular formula is C5H7N3O. The van der Waals surface area contributed by atoms with Crippen LogP contribution in [0.2, 0.25) is 0 Å². The molecule has 0 aromatic heterocycles. The molecule has 0 aromatic rings. The van der Waals surface area contributed by atoms with Crippen molar-refractivity contribution < 1.29 is 4.74 Å². The molecule has 4 heteroatoms. The van der Waals surface area contributed by atoms with E-state index in [1.807, 2.05) is 0 Å². The highest BCUT2D eigenvalue weighted by Gasteiger charge is 1.67. The summed E-state index contributed by atoms with van der Waals surface area (Å²) >= 11 is 0. The summed E-state index contributed by atoms with van der Waals surface area (Å²) < 4.78 is 4.61. The van der Waals surface area contributed by atoms with Crippen molar-refractivity contribution in [2.24, 2.45) is 5.11 Å². The van der Waals surface area contributed by atoms with Gasteiger partial charge >= 0.3 is 0 Å². The number of ether oxygens (including phenoxy) is 1. The summed E-state index contributed by atoms with van der Waals surface area (Å²) in [6, 6.07) is 0. The molecule has 0 aromatic carbocycles. The third-order valence-corrected chi connectivity index (χ3v) is 0.555. The molecule has 0 aliphatic heterocycles. The number of methoxy groups -OCH3 is 1. The van der Waals surface area contributed by atoms with Crippen LogP contribution in [0.3, 0.4) is 0 Å². The Morgan fingerprint density at radius 3 is 3.00 bits per heavy atom. The Morgan fingerprint density at radius 2 is 2.44 bits per heavy atom. The second-order valence-corrected chi connectivity index (χ2v) is 1.18. The first-order valence-corrected chi connectivity index (χ1v) is 2.37. The molecule has 0 aliphatic rings. The van der Waals surface area contributed by atoms with Crippen molar-refractivity contribution >= 4 is 0 Å². The highest BCUT2D eigenvalue weighted by molar-refractivity contribution is 5.00. The molecule has 48 valence electrons. The molecule has 0 fully saturated rings. The number of azide groups is 1. The fraction of sp³-hybridized carbons (Fsp3) is 0.600. The molecule has 0 aliphatic carbocycles. The Labute approximate surface area is 53.4 Å². The Morgan fingerprint density at radius 1 is 1.67 bits per heavy atom. The van der Waals surface area contributed by atoms with Crippen LogP contribution in [0.25, 0.3) is 10.4 Å². The first-order valence-electron chi connectivity index (χ1n) is 2.37. The Hall–Kier alpha value is -1.17. The second kappa shape index (κ2) is 6.83. The molecular weight excluding hydrogens is 118 g/mol. The molecule has 4 nitrogen and oxygen atoms in total. The fourth-order valence-electron chi connectivity index (χ4n) is 0.246. The monoisotopic (exact) mass is 125 g/mol. The van der Waals surface area contributed by atoms with Crippen molar-refractivity contribution in [2.75, 3.05) is 20.3 Å². The topological polar surface area (TPSA) is 58.0 Å². The van der Waals surface area contributed by atoms with Crippen LogP contribution in [0.1, 0.15) is 0 Å². The number of hydrogen-bond acceptors (Lipinski definition) is 2. The van der Waals surface area contributed by atoms with E-state index in [1.54, 1.807) is 7.11 Å². The predicted octanol–water partition coefficient (Wildman–Crippen LogP) is 0.947. The van der Waals surface area contributed by atoms with Gasteiger partial charge in [-0.25, -0.2) is 0 Å². The predicted molar refractivity (Wildman–Crippen MR) is 33.7 cm³/mol. The van der Waals surface area contributed by atoms with Gasteiger partial charge in [-0.2, -0.15) is 0 Å². The summed E-state index contributed by atoms with van der Waals surface area (Å²) in [5, 5.41) is 3.19. The van der Waals surface area contributed by atoms with Gasteiger partial charge in [0.2, 0.25) is 0 Å². The lowest BCUT2D eigenvalue weighted by atomic mass is 10.6. The van der Waals surface area contributed by atoms with Gasteiger partial charge in [-0.05, 0) is 5.53 Å². The molecule has 0 saturated carbocycles. The quantitative estimate of drug-likeness (QED) is 0.234. The van der Waals surface area contributed by atoms with Crippen LogP contribution in [0.5, 0.6) is 0 Å². The minimum Gasteiger partial charge on any atom is -0.372 e. The molecule has 0 rings (SSSR count). The van der Waals surface area contributed by atoms with Gasteiger partial charge in [0, 0.05) is 12.0 Å². The van der Waals surface area contributed by atoms with Gasteiger partial charge in [-0.15, -0.1) is 0 Å². The van der Waals surface area contributed by atoms with Crippen molar-refractivity contribution in [2.45, 2.75) is 0 Å². The molecule has 0 saturated heterocycles. The molecule has 0 radical (unpaired) electrons. The lowest BCUT2D eigenvalue weighted by molar-refractivity contribution is 0.239. The molecule has 0 bridgehead atoms. The summed E-state index contributed by atoms with van der Waals surface area (Å²) in [5.41, 5.74) is 7.78. The molecule has 9 heavy (non-hydrogen) atoms. The first kappa shape index (κ1) is 7.83. The zero-order chi connectivity index (χ0) is 6.95. The maximum absolute atomic E-state index is 7.78. The van der Waals surface area contributed by atoms with Crippen LogP contribution in [0.15, 0.2) is 5.11 Å². The second-order valence-electron chi connectivity index (χ2n) is 1.18. The minimum absolute atomic E-state index is 0.222. The Kier molecular flexibility index (Phi) is 5.94. The van der Waals surface area contributed by atoms with E-state index in [2.05, 4.69) is 26.6 Å². The molecule has 0 spiro atoms. The van der Waals surface area contributed by atoms with Gasteiger partial charge in [0.1, 0.15) is 6.61 Å². The van der Waals surface area contributed by atoms with Crippen molar-refractivity contribution in [3.8, 4) is 11.8 Å². The third kappa shape index (κ3) is 6.83. The number of nitrogens with zero attached hydrogens (tertiary/aromatic N) is 3. The van der Waals surface area contributed by atoms with E-state index in [4.69, 9.17) is 5.53 Å². The lowest BCUT2D eigenvalue weighted by Crippen LogP contribution is -1.81. The van der Waals surface area contributed by atoms with Crippen LogP contribution in [0.4, 0.5) is 0 Å². The van der Waals surface area contributed by atoms with E-state index < -0.39 is 0 Å². The highest BCUT2D eigenvalue weighted by atomic mass is 16.5. The maximum atomic E-state index is 7.78. The van der Waals surface area contributed by atoms with Crippen LogP contribution in [-0.4, -0.2) is 20.3 Å². The zero-order valence-corrected chi connectivity index (χ0v) is 5.16. The van der Waals surface area contributed by atoms with E-state index in [9.17, 15) is 0 Å². The smallest absolute Gasteiger partial charge is 0.107 e. The van der Waals surface area contributed by atoms with Crippen molar-refractivity contribution in [1.82, 2.24) is 0 Å². The van der Waals surface area contributed by atoms with E-state index >= 15 is 0 Å². The average molecular weight is 125 g/mol. The standard InChI is InChI=1S/C5H7N3O/c1-9-5-3-2-4-7-8-6/h4-5H2,1H3. The average Bonchev–Trinajstić information content (AvgIpc) is 1.89. The van der Waals surface area contributed by atoms with Crippen molar-refractivity contribution in [3.63, 3.8) is 0 Å². The molecule has 0 unspecified atom stereocenters. The molecule has 0 amide bonds. The minimum atomic E-state index is 0.222. The Bertz CT molecular complexity index is 161. The maximum Gasteiger partial charge on any atom is 0.107 e. The van der Waals surface area contributed by atoms with E-state index in [0.29, 0.717) is 6.61 Å². The highest BCUT2D eigenvalue weighted by Crippen LogP contribution is 1.67. The van der Waals surface area contributed by atoms with Gasteiger partial charge in [0.15, 0.2) is 0 Å². The van der Waals surface area contributed by atoms with Crippen molar-refractivity contribution in [3.05, 3.63) is 10.4 Å². The lowest BCUT2D eigenvalue weighted by Gasteiger charge is -1.79. The first-order chi connectivity index (χ1) is 4.41. The van der Waals surface area contributed by atoms with Gasteiger partial charge < -0.3 is 4.74 Å². The van der Waals surface area contributed by atoms with Gasteiger partial charge in [-0.1, -0.05) is 17.0 Å². The summed E-state index contributed by atoms with van der Waals surface area (Å²) in [5.74, 6) is 5.22. The van der Waals surface area contributed by atoms with E-state index in [-0.39, 0.29) is 6.54 Å². The van der Waals surface area contributed by atoms with Gasteiger partial charge in [0.25, 0.3) is 0 Å². The van der Waals surface area contributed by atoms with Crippen LogP contribution >= 0.6 is 0 Å². The molecule has 0 N–H and O–H groups in total. The number of rotatable bonds is 2. The van der Waals surface area contributed by atoms with Crippen LogP contribution in [0, 0.1) is 11.8 Å². The van der Waals surface area contributed by atoms with E-state index in [0.717, 1.165) is 0 Å². The molecule has 0 heterocycles. The van der Waals surface area contributed by atoms with Crippen LogP contribution in [-0.2, 0) is 4.74 Å². The largest absolute Gasteiger partial charge is 0.372 e. The zero-order valence-electron chi connectivity index (χ0n) is 5.16. The molecule has 0 atom stereocenters. The fourth-order valence-corrected chi connectivity index (χ4v) is 0.246. The number of hydrogen-bond donors (Lipinski definition) is 0. The van der Waals surface area contributed by atoms with Crippen molar-refractivity contribution in [1.29, 1.82) is 0 Å². The summed E-state index contributed by atoms with van der Waals surface area (Å²) in [6.07, 6.45) is 0. The Balaban J connectivity index is 3.26. The summed E-state index contributed by atoms with van der Waals surface area (Å²) in [7, 11) is 1.56. The van der Waals surface area contributed by atoms with Crippen LogP contribution < -0.4 is 0 Å². The summed E-state index contributed by atoms with van der Waals surface area (Å²) in [6.45, 7) is 0.612. The normalized spacial score (nSPS) is 6.78. The SMILES string of the molecule is COCC#CCN=[N+]=[N-].